The zero-order chi connectivity index (χ0) is 8.48. The molecule has 0 atom stereocenters. The minimum atomic E-state index is -0.139. The van der Waals surface area contributed by atoms with Crippen LogP contribution in [0.3, 0.4) is 0 Å². The molecule has 1 aromatic rings. The van der Waals surface area contributed by atoms with E-state index < -0.39 is 0 Å². The van der Waals surface area contributed by atoms with Crippen molar-refractivity contribution in [2.24, 2.45) is 0 Å². The third-order valence-electron chi connectivity index (χ3n) is 1.58. The summed E-state index contributed by atoms with van der Waals surface area (Å²) < 4.78 is 13.6. The number of quaternary nitrogens is 1. The highest BCUT2D eigenvalue weighted by Crippen LogP contribution is 2.19. The molecule has 0 amide bonds. The quantitative estimate of drug-likeness (QED) is 0.499. The van der Waals surface area contributed by atoms with E-state index in [9.17, 15) is 4.39 Å². The van der Waals surface area contributed by atoms with Gasteiger partial charge in [-0.3, -0.25) is 4.48 Å². The molecule has 0 aromatic heterocycles. The summed E-state index contributed by atoms with van der Waals surface area (Å²) in [4.78, 5) is 0. The molecule has 0 N–H and O–H groups in total. The average molecular weight is 190 g/mol. The first kappa shape index (κ1) is 11.4. The summed E-state index contributed by atoms with van der Waals surface area (Å²) >= 11 is 0. The van der Waals surface area contributed by atoms with E-state index in [4.69, 9.17) is 0 Å². The summed E-state index contributed by atoms with van der Waals surface area (Å²) in [6.45, 7) is 0. The van der Waals surface area contributed by atoms with E-state index in [2.05, 4.69) is 0 Å². The van der Waals surface area contributed by atoms with Crippen molar-refractivity contribution in [1.29, 1.82) is 0 Å². The van der Waals surface area contributed by atoms with Gasteiger partial charge in [0.25, 0.3) is 0 Å². The number of halogens is 2. The zero-order valence-electron chi connectivity index (χ0n) is 7.51. The van der Waals surface area contributed by atoms with Crippen LogP contribution in [0.1, 0.15) is 0 Å². The maximum absolute atomic E-state index is 13.1. The minimum Gasteiger partial charge on any atom is -1.00 e. The maximum Gasteiger partial charge on any atom is 0.183 e. The fourth-order valence-corrected chi connectivity index (χ4v) is 0.996. The minimum absolute atomic E-state index is 0. The predicted molar refractivity (Wildman–Crippen MR) is 46.0 cm³/mol. The highest BCUT2D eigenvalue weighted by Gasteiger charge is 2.15. The molecule has 0 heterocycles. The second-order valence-electron chi connectivity index (χ2n) is 3.46. The van der Waals surface area contributed by atoms with Gasteiger partial charge in [0.2, 0.25) is 0 Å². The van der Waals surface area contributed by atoms with Gasteiger partial charge in [-0.15, -0.1) is 0 Å². The summed E-state index contributed by atoms with van der Waals surface area (Å²) in [6, 6.07) is 6.84. The lowest BCUT2D eigenvalue weighted by Gasteiger charge is -2.23. The third-order valence-corrected chi connectivity index (χ3v) is 1.58. The molecule has 1 rings (SSSR count). The Labute approximate surface area is 78.8 Å². The van der Waals surface area contributed by atoms with Crippen LogP contribution in [0.2, 0.25) is 0 Å². The maximum atomic E-state index is 13.1. The molecular weight excluding hydrogens is 177 g/mol. The lowest BCUT2D eigenvalue weighted by atomic mass is 10.2. The molecule has 0 spiro atoms. The SMILES string of the molecule is C[N+](C)(C)c1ccccc1F.[Cl-]. The highest BCUT2D eigenvalue weighted by molar-refractivity contribution is 5.42. The van der Waals surface area contributed by atoms with Crippen LogP contribution in [0.5, 0.6) is 0 Å². The number of nitrogens with zero attached hydrogens (tertiary/aromatic N) is 1. The van der Waals surface area contributed by atoms with Crippen molar-refractivity contribution in [3.63, 3.8) is 0 Å². The van der Waals surface area contributed by atoms with Crippen molar-refractivity contribution in [3.8, 4) is 0 Å². The van der Waals surface area contributed by atoms with Crippen LogP contribution in [-0.2, 0) is 0 Å². The lowest BCUT2D eigenvalue weighted by molar-refractivity contribution is -0.00000321. The summed E-state index contributed by atoms with van der Waals surface area (Å²) in [6.07, 6.45) is 0. The smallest absolute Gasteiger partial charge is 0.183 e. The Morgan fingerprint density at radius 1 is 1.08 bits per heavy atom. The van der Waals surface area contributed by atoms with E-state index in [1.54, 1.807) is 12.1 Å². The Balaban J connectivity index is 0.00000121. The van der Waals surface area contributed by atoms with Crippen molar-refractivity contribution in [1.82, 2.24) is 4.48 Å². The van der Waals surface area contributed by atoms with Crippen LogP contribution < -0.4 is 16.9 Å². The standard InChI is InChI=1S/C9H13FN.ClH/c1-11(2,3)9-7-5-4-6-8(9)10;/h4-7H,1-3H3;1H/q+1;/p-1. The van der Waals surface area contributed by atoms with E-state index in [1.165, 1.54) is 6.07 Å². The van der Waals surface area contributed by atoms with Crippen molar-refractivity contribution in [3.05, 3.63) is 30.1 Å². The van der Waals surface area contributed by atoms with Crippen molar-refractivity contribution in [2.45, 2.75) is 0 Å². The number of hydrogen-bond acceptors (Lipinski definition) is 0. The largest absolute Gasteiger partial charge is 1.00 e. The van der Waals surface area contributed by atoms with Gasteiger partial charge in [-0.25, -0.2) is 4.39 Å². The van der Waals surface area contributed by atoms with Crippen LogP contribution in [0, 0.1) is 5.82 Å². The van der Waals surface area contributed by atoms with Crippen LogP contribution in [0.15, 0.2) is 24.3 Å². The van der Waals surface area contributed by atoms with E-state index >= 15 is 0 Å². The molecule has 0 fully saturated rings. The summed E-state index contributed by atoms with van der Waals surface area (Å²) in [7, 11) is 5.83. The van der Waals surface area contributed by atoms with E-state index in [0.29, 0.717) is 10.2 Å². The van der Waals surface area contributed by atoms with Crippen LogP contribution >= 0.6 is 0 Å². The van der Waals surface area contributed by atoms with Gasteiger partial charge in [-0.2, -0.15) is 0 Å². The summed E-state index contributed by atoms with van der Waals surface area (Å²) in [5.41, 5.74) is 0.715. The van der Waals surface area contributed by atoms with Crippen molar-refractivity contribution in [2.75, 3.05) is 21.1 Å². The Bertz CT molecular complexity index is 255. The van der Waals surface area contributed by atoms with Gasteiger partial charge in [0.1, 0.15) is 0 Å². The summed E-state index contributed by atoms with van der Waals surface area (Å²) in [5.74, 6) is -0.139. The fraction of sp³-hybridized carbons (Fsp3) is 0.333. The average Bonchev–Trinajstić information content (AvgIpc) is 1.86. The molecular formula is C9H13ClFN. The molecule has 1 nitrogen and oxygen atoms in total. The monoisotopic (exact) mass is 189 g/mol. The molecule has 68 valence electrons. The normalized spacial score (nSPS) is 10.7. The van der Waals surface area contributed by atoms with Gasteiger partial charge in [0.05, 0.1) is 21.1 Å². The van der Waals surface area contributed by atoms with Gasteiger partial charge in [-0.1, -0.05) is 12.1 Å². The molecule has 0 unspecified atom stereocenters. The Morgan fingerprint density at radius 3 is 1.92 bits per heavy atom. The highest BCUT2D eigenvalue weighted by atomic mass is 35.5. The van der Waals surface area contributed by atoms with Crippen LogP contribution in [-0.4, -0.2) is 21.1 Å². The lowest BCUT2D eigenvalue weighted by Crippen LogP contribution is -3.00. The number of benzene rings is 1. The Morgan fingerprint density at radius 2 is 1.58 bits per heavy atom. The number of rotatable bonds is 1. The van der Waals surface area contributed by atoms with Crippen molar-refractivity contribution < 1.29 is 16.8 Å². The summed E-state index contributed by atoms with van der Waals surface area (Å²) in [5, 5.41) is 0. The Kier molecular flexibility index (Phi) is 3.68. The molecule has 0 aliphatic carbocycles. The molecule has 0 saturated carbocycles. The van der Waals surface area contributed by atoms with Gasteiger partial charge >= 0.3 is 0 Å². The van der Waals surface area contributed by atoms with E-state index in [-0.39, 0.29) is 18.2 Å². The number of para-hydroxylation sites is 1. The molecule has 0 aliphatic rings. The molecule has 1 aromatic carbocycles. The molecule has 3 heteroatoms. The number of hydrogen-bond donors (Lipinski definition) is 0. The molecule has 0 radical (unpaired) electrons. The first-order valence-electron chi connectivity index (χ1n) is 3.58. The molecule has 0 bridgehead atoms. The first-order valence-corrected chi connectivity index (χ1v) is 3.58. The third kappa shape index (κ3) is 2.47. The first-order chi connectivity index (χ1) is 5.02. The topological polar surface area (TPSA) is 0 Å². The van der Waals surface area contributed by atoms with Crippen molar-refractivity contribution >= 4 is 5.69 Å². The molecule has 0 aliphatic heterocycles. The second-order valence-corrected chi connectivity index (χ2v) is 3.46. The molecule has 12 heavy (non-hydrogen) atoms. The zero-order valence-corrected chi connectivity index (χ0v) is 8.27. The van der Waals surface area contributed by atoms with Crippen LogP contribution in [0.4, 0.5) is 10.1 Å². The van der Waals surface area contributed by atoms with Gasteiger partial charge in [0, 0.05) is 6.07 Å². The Hall–Kier alpha value is -0.600. The predicted octanol–water partition coefficient (Wildman–Crippen LogP) is -0.974. The van der Waals surface area contributed by atoms with E-state index in [0.717, 1.165) is 0 Å². The van der Waals surface area contributed by atoms with Gasteiger partial charge in [-0.05, 0) is 6.07 Å². The fourth-order valence-electron chi connectivity index (χ4n) is 0.996. The van der Waals surface area contributed by atoms with Gasteiger partial charge < -0.3 is 12.4 Å². The second kappa shape index (κ2) is 3.87. The van der Waals surface area contributed by atoms with Gasteiger partial charge in [0.15, 0.2) is 11.5 Å². The van der Waals surface area contributed by atoms with Crippen LogP contribution in [0.25, 0.3) is 0 Å². The van der Waals surface area contributed by atoms with E-state index in [1.807, 2.05) is 27.2 Å². The molecule has 0 saturated heterocycles.